The molecular weight excluding hydrogens is 164 g/mol. The highest BCUT2D eigenvalue weighted by Gasteiger charge is 1.98. The molecule has 0 aromatic carbocycles. The summed E-state index contributed by atoms with van der Waals surface area (Å²) in [6, 6.07) is 3.76. The lowest BCUT2D eigenvalue weighted by molar-refractivity contribution is 0.271. The van der Waals surface area contributed by atoms with Crippen molar-refractivity contribution in [2.45, 2.75) is 13.8 Å². The third-order valence-electron chi connectivity index (χ3n) is 1.57. The van der Waals surface area contributed by atoms with Gasteiger partial charge in [-0.3, -0.25) is 0 Å². The summed E-state index contributed by atoms with van der Waals surface area (Å²) >= 11 is 0. The maximum Gasteiger partial charge on any atom is 0.129 e. The van der Waals surface area contributed by atoms with Gasteiger partial charge < -0.3 is 10.1 Å². The van der Waals surface area contributed by atoms with Crippen LogP contribution in [-0.2, 0) is 0 Å². The maximum absolute atomic E-state index is 5.53. The van der Waals surface area contributed by atoms with Crippen LogP contribution in [0.15, 0.2) is 18.3 Å². The number of ether oxygens (including phenoxy) is 1. The summed E-state index contributed by atoms with van der Waals surface area (Å²) in [5.41, 5.74) is 0. The molecule has 1 aromatic rings. The van der Waals surface area contributed by atoms with Gasteiger partial charge in [0.05, 0.1) is 6.61 Å². The van der Waals surface area contributed by atoms with Gasteiger partial charge in [0.25, 0.3) is 0 Å². The zero-order valence-electron chi connectivity index (χ0n) is 8.37. The zero-order valence-corrected chi connectivity index (χ0v) is 8.37. The Balaban J connectivity index is 2.56. The Morgan fingerprint density at radius 3 is 2.92 bits per heavy atom. The average Bonchev–Trinajstić information content (AvgIpc) is 2.15. The quantitative estimate of drug-likeness (QED) is 0.771. The van der Waals surface area contributed by atoms with E-state index in [1.165, 1.54) is 0 Å². The highest BCUT2D eigenvalue weighted by Crippen LogP contribution is 2.14. The molecule has 0 unspecified atom stereocenters. The molecule has 0 aliphatic carbocycles. The molecule has 0 radical (unpaired) electrons. The van der Waals surface area contributed by atoms with Crippen LogP contribution in [0.25, 0.3) is 0 Å². The number of aromatic nitrogens is 1. The first-order chi connectivity index (χ1) is 6.22. The van der Waals surface area contributed by atoms with E-state index in [1.807, 2.05) is 19.2 Å². The fourth-order valence-electron chi connectivity index (χ4n) is 0.901. The summed E-state index contributed by atoms with van der Waals surface area (Å²) in [7, 11) is 1.84. The minimum Gasteiger partial charge on any atom is -0.493 e. The van der Waals surface area contributed by atoms with Crippen molar-refractivity contribution in [2.24, 2.45) is 5.92 Å². The molecule has 0 aliphatic rings. The molecule has 1 heterocycles. The Labute approximate surface area is 79.1 Å². The summed E-state index contributed by atoms with van der Waals surface area (Å²) in [4.78, 5) is 4.09. The van der Waals surface area contributed by atoms with Crippen molar-refractivity contribution >= 4 is 5.82 Å². The molecule has 3 heteroatoms. The van der Waals surface area contributed by atoms with Crippen molar-refractivity contribution in [1.82, 2.24) is 4.98 Å². The van der Waals surface area contributed by atoms with Crippen LogP contribution in [0.3, 0.4) is 0 Å². The molecule has 0 bridgehead atoms. The third-order valence-corrected chi connectivity index (χ3v) is 1.57. The predicted octanol–water partition coefficient (Wildman–Crippen LogP) is 2.16. The Kier molecular flexibility index (Phi) is 3.55. The molecule has 13 heavy (non-hydrogen) atoms. The van der Waals surface area contributed by atoms with Crippen molar-refractivity contribution in [3.63, 3.8) is 0 Å². The van der Waals surface area contributed by atoms with Crippen molar-refractivity contribution in [3.05, 3.63) is 18.3 Å². The molecule has 3 nitrogen and oxygen atoms in total. The van der Waals surface area contributed by atoms with Crippen LogP contribution < -0.4 is 10.1 Å². The summed E-state index contributed by atoms with van der Waals surface area (Å²) < 4.78 is 5.53. The lowest BCUT2D eigenvalue weighted by atomic mass is 10.2. The molecule has 1 aromatic heterocycles. The van der Waals surface area contributed by atoms with Gasteiger partial charge in [-0.25, -0.2) is 4.98 Å². The van der Waals surface area contributed by atoms with Gasteiger partial charge in [-0.1, -0.05) is 13.8 Å². The van der Waals surface area contributed by atoms with Gasteiger partial charge in [-0.2, -0.15) is 0 Å². The van der Waals surface area contributed by atoms with Crippen LogP contribution in [0.5, 0.6) is 5.75 Å². The van der Waals surface area contributed by atoms with E-state index in [0.717, 1.165) is 18.2 Å². The molecule has 72 valence electrons. The topological polar surface area (TPSA) is 34.1 Å². The van der Waals surface area contributed by atoms with Crippen LogP contribution in [0.2, 0.25) is 0 Å². The van der Waals surface area contributed by atoms with Crippen molar-refractivity contribution in [2.75, 3.05) is 19.0 Å². The van der Waals surface area contributed by atoms with E-state index in [1.54, 1.807) is 6.20 Å². The van der Waals surface area contributed by atoms with Gasteiger partial charge in [0, 0.05) is 19.3 Å². The summed E-state index contributed by atoms with van der Waals surface area (Å²) in [6.45, 7) is 4.99. The van der Waals surface area contributed by atoms with Gasteiger partial charge in [-0.15, -0.1) is 0 Å². The smallest absolute Gasteiger partial charge is 0.129 e. The van der Waals surface area contributed by atoms with E-state index in [9.17, 15) is 0 Å². The van der Waals surface area contributed by atoms with Gasteiger partial charge in [-0.05, 0) is 12.0 Å². The number of hydrogen-bond acceptors (Lipinski definition) is 3. The third kappa shape index (κ3) is 3.32. The average molecular weight is 180 g/mol. The summed E-state index contributed by atoms with van der Waals surface area (Å²) in [6.07, 6.45) is 1.74. The second-order valence-corrected chi connectivity index (χ2v) is 3.33. The van der Waals surface area contributed by atoms with Gasteiger partial charge in [0.15, 0.2) is 0 Å². The lowest BCUT2D eigenvalue weighted by Crippen LogP contribution is -2.04. The lowest BCUT2D eigenvalue weighted by Gasteiger charge is -2.08. The van der Waals surface area contributed by atoms with E-state index in [4.69, 9.17) is 4.74 Å². The molecule has 0 saturated carbocycles. The highest BCUT2D eigenvalue weighted by molar-refractivity contribution is 5.39. The SMILES string of the molecule is CNc1cc(OCC(C)C)ccn1. The van der Waals surface area contributed by atoms with Crippen LogP contribution in [-0.4, -0.2) is 18.6 Å². The van der Waals surface area contributed by atoms with Gasteiger partial charge in [0.2, 0.25) is 0 Å². The van der Waals surface area contributed by atoms with Gasteiger partial charge >= 0.3 is 0 Å². The Morgan fingerprint density at radius 2 is 2.31 bits per heavy atom. The number of hydrogen-bond donors (Lipinski definition) is 1. The molecule has 0 amide bonds. The number of rotatable bonds is 4. The molecule has 1 N–H and O–H groups in total. The van der Waals surface area contributed by atoms with Crippen molar-refractivity contribution < 1.29 is 4.74 Å². The van der Waals surface area contributed by atoms with Crippen LogP contribution in [0.4, 0.5) is 5.82 Å². The molecule has 0 atom stereocenters. The number of pyridine rings is 1. The first-order valence-electron chi connectivity index (χ1n) is 4.49. The first kappa shape index (κ1) is 9.84. The fraction of sp³-hybridized carbons (Fsp3) is 0.500. The van der Waals surface area contributed by atoms with Crippen LogP contribution in [0, 0.1) is 5.92 Å². The molecular formula is C10H16N2O. The normalized spacial score (nSPS) is 10.2. The fourth-order valence-corrected chi connectivity index (χ4v) is 0.901. The van der Waals surface area contributed by atoms with E-state index >= 15 is 0 Å². The predicted molar refractivity (Wildman–Crippen MR) is 54.1 cm³/mol. The Bertz CT molecular complexity index is 261. The van der Waals surface area contributed by atoms with Crippen LogP contribution in [0.1, 0.15) is 13.8 Å². The minimum absolute atomic E-state index is 0.547. The number of anilines is 1. The van der Waals surface area contributed by atoms with Crippen molar-refractivity contribution in [1.29, 1.82) is 0 Å². The molecule has 1 rings (SSSR count). The first-order valence-corrected chi connectivity index (χ1v) is 4.49. The number of nitrogens with one attached hydrogen (secondary N) is 1. The van der Waals surface area contributed by atoms with Gasteiger partial charge in [0.1, 0.15) is 11.6 Å². The molecule has 0 spiro atoms. The van der Waals surface area contributed by atoms with E-state index < -0.39 is 0 Å². The molecule has 0 fully saturated rings. The van der Waals surface area contributed by atoms with Crippen LogP contribution >= 0.6 is 0 Å². The van der Waals surface area contributed by atoms with Crippen molar-refractivity contribution in [3.8, 4) is 5.75 Å². The highest BCUT2D eigenvalue weighted by atomic mass is 16.5. The molecule has 0 saturated heterocycles. The largest absolute Gasteiger partial charge is 0.493 e. The molecule has 0 aliphatic heterocycles. The monoisotopic (exact) mass is 180 g/mol. The second-order valence-electron chi connectivity index (χ2n) is 3.33. The second kappa shape index (κ2) is 4.70. The Morgan fingerprint density at radius 1 is 1.54 bits per heavy atom. The van der Waals surface area contributed by atoms with E-state index in [-0.39, 0.29) is 0 Å². The summed E-state index contributed by atoms with van der Waals surface area (Å²) in [5, 5.41) is 2.96. The number of nitrogens with zero attached hydrogens (tertiary/aromatic N) is 1. The van der Waals surface area contributed by atoms with E-state index in [2.05, 4.69) is 24.1 Å². The van der Waals surface area contributed by atoms with E-state index in [0.29, 0.717) is 5.92 Å². The minimum atomic E-state index is 0.547. The standard InChI is InChI=1S/C10H16N2O/c1-8(2)7-13-9-4-5-12-10(6-9)11-3/h4-6,8H,7H2,1-3H3,(H,11,12). The Hall–Kier alpha value is -1.25. The summed E-state index contributed by atoms with van der Waals surface area (Å²) in [5.74, 6) is 2.25. The zero-order chi connectivity index (χ0) is 9.68. The maximum atomic E-state index is 5.53.